The van der Waals surface area contributed by atoms with E-state index in [1.165, 1.54) is 27.8 Å². The van der Waals surface area contributed by atoms with Crippen molar-refractivity contribution in [3.05, 3.63) is 553 Å². The second kappa shape index (κ2) is 44.1. The standard InChI is InChI=1S/C49H33N5.2C43H29N5/c1-5-13-34(14-6-1)36-21-23-37(24-22-36)42-29-47(43-27-25-40(32-50-43)35-15-7-2-8-16-35)52-48(30-42)44-28-26-41(33-51-44)49-53-45(38-17-9-3-10-18-38)31-46(54-49)39-19-11-4-12-20-39;1-4-13-30(14-5-1)33-19-12-20-34(25-33)36-26-41(37-21-10-11-24-44-37)46-42(27-36)38-23-22-35(29-45-38)43-47-39(31-15-6-2-7-16-31)28-40(48-43)32-17-8-3-9-18-32;1-4-12-30(13-5-1)31-19-21-32(22-20-31)36-26-41(37-18-10-11-25-44-37)46-42(27-36)38-24-23-35(29-45-38)43-47-39(33-14-6-2-7-15-33)28-40(48-43)34-16-8-3-9-17-34/h1-33H;2*1-29H. The Labute approximate surface area is 869 Å². The van der Waals surface area contributed by atoms with Crippen LogP contribution < -0.4 is 0 Å². The molecule has 0 amide bonds. The molecule has 12 heterocycles. The average Bonchev–Trinajstić information content (AvgIpc) is 0.800. The van der Waals surface area contributed by atoms with Crippen LogP contribution in [0.3, 0.4) is 0 Å². The van der Waals surface area contributed by atoms with Gasteiger partial charge in [-0.25, -0.2) is 44.9 Å². The normalized spacial score (nSPS) is 10.9. The molecule has 0 fully saturated rings. The van der Waals surface area contributed by atoms with Gasteiger partial charge >= 0.3 is 0 Å². The summed E-state index contributed by atoms with van der Waals surface area (Å²) in [6.07, 6.45) is 11.0. The van der Waals surface area contributed by atoms with Crippen LogP contribution in [0, 0.1) is 0 Å². The number of hydrogen-bond donors (Lipinski definition) is 0. The van der Waals surface area contributed by atoms with Gasteiger partial charge in [0.2, 0.25) is 0 Å². The molecule has 706 valence electrons. The zero-order chi connectivity index (χ0) is 100. The van der Waals surface area contributed by atoms with Crippen molar-refractivity contribution in [3.63, 3.8) is 0 Å². The number of benzene rings is 13. The molecule has 0 spiro atoms. The van der Waals surface area contributed by atoms with Crippen molar-refractivity contribution in [2.75, 3.05) is 0 Å². The lowest BCUT2D eigenvalue weighted by atomic mass is 9.98. The van der Waals surface area contributed by atoms with Crippen LogP contribution in [0.1, 0.15) is 0 Å². The highest BCUT2D eigenvalue weighted by atomic mass is 14.9. The molecule has 0 radical (unpaired) electrons. The predicted octanol–water partition coefficient (Wildman–Crippen LogP) is 32.7. The van der Waals surface area contributed by atoms with Gasteiger partial charge in [0, 0.05) is 92.8 Å². The molecule has 15 heteroatoms. The quantitative estimate of drug-likeness (QED) is 0.0621. The summed E-state index contributed by atoms with van der Waals surface area (Å²) in [7, 11) is 0. The predicted molar refractivity (Wildman–Crippen MR) is 606 cm³/mol. The minimum Gasteiger partial charge on any atom is -0.255 e. The second-order valence-corrected chi connectivity index (χ2v) is 35.8. The fourth-order valence-electron chi connectivity index (χ4n) is 18.0. The Morgan fingerprint density at radius 1 is 0.0867 bits per heavy atom. The highest BCUT2D eigenvalue weighted by molar-refractivity contribution is 5.85. The van der Waals surface area contributed by atoms with Crippen LogP contribution in [0.4, 0.5) is 0 Å². The van der Waals surface area contributed by atoms with E-state index < -0.39 is 0 Å². The highest BCUT2D eigenvalue weighted by Crippen LogP contribution is 2.40. The van der Waals surface area contributed by atoms with Crippen LogP contribution >= 0.6 is 0 Å². The number of pyridine rings is 9. The van der Waals surface area contributed by atoms with Gasteiger partial charge in [-0.15, -0.1) is 0 Å². The number of nitrogens with zero attached hydrogens (tertiary/aromatic N) is 15. The van der Waals surface area contributed by atoms with Gasteiger partial charge in [0.15, 0.2) is 17.5 Å². The van der Waals surface area contributed by atoms with Crippen LogP contribution in [0.5, 0.6) is 0 Å². The van der Waals surface area contributed by atoms with E-state index in [-0.39, 0.29) is 0 Å². The monoisotopic (exact) mass is 1920 g/mol. The second-order valence-electron chi connectivity index (χ2n) is 35.8. The zero-order valence-corrected chi connectivity index (χ0v) is 81.2. The van der Waals surface area contributed by atoms with Gasteiger partial charge in [-0.2, -0.15) is 0 Å². The van der Waals surface area contributed by atoms with E-state index in [4.69, 9.17) is 64.8 Å². The molecular weight excluding hydrogens is 1830 g/mol. The molecule has 25 rings (SSSR count). The summed E-state index contributed by atoms with van der Waals surface area (Å²) in [5.41, 5.74) is 38.6. The molecule has 0 aliphatic rings. The molecular formula is C135H91N15. The molecule has 13 aromatic carbocycles. The van der Waals surface area contributed by atoms with E-state index in [1.807, 2.05) is 267 Å². The minimum atomic E-state index is 0.609. The fraction of sp³-hybridized carbons (Fsp3) is 0. The zero-order valence-electron chi connectivity index (χ0n) is 81.2. The Balaban J connectivity index is 0.000000124. The third-order valence-corrected chi connectivity index (χ3v) is 25.9. The van der Waals surface area contributed by atoms with Crippen molar-refractivity contribution < 1.29 is 0 Å². The van der Waals surface area contributed by atoms with E-state index in [9.17, 15) is 0 Å². The summed E-state index contributed by atoms with van der Waals surface area (Å²) >= 11 is 0. The number of rotatable bonds is 22. The van der Waals surface area contributed by atoms with E-state index in [1.54, 1.807) is 12.4 Å². The maximum atomic E-state index is 5.12. The first kappa shape index (κ1) is 93.1. The molecule has 0 bridgehead atoms. The van der Waals surface area contributed by atoms with Gasteiger partial charge in [0.05, 0.1) is 102 Å². The minimum absolute atomic E-state index is 0.609. The lowest BCUT2D eigenvalue weighted by Crippen LogP contribution is -1.97. The summed E-state index contributed by atoms with van der Waals surface area (Å²) in [6.45, 7) is 0. The Morgan fingerprint density at radius 2 is 0.267 bits per heavy atom. The Morgan fingerprint density at radius 3 is 0.500 bits per heavy atom. The van der Waals surface area contributed by atoms with Crippen LogP contribution in [0.15, 0.2) is 553 Å². The first-order valence-corrected chi connectivity index (χ1v) is 49.6. The molecule has 150 heavy (non-hydrogen) atoms. The Hall–Kier alpha value is -20.6. The lowest BCUT2D eigenvalue weighted by Gasteiger charge is -2.12. The van der Waals surface area contributed by atoms with Crippen molar-refractivity contribution in [2.24, 2.45) is 0 Å². The summed E-state index contributed by atoms with van der Waals surface area (Å²) in [4.78, 5) is 73.8. The third-order valence-electron chi connectivity index (χ3n) is 25.9. The van der Waals surface area contributed by atoms with Gasteiger partial charge in [-0.1, -0.05) is 388 Å². The van der Waals surface area contributed by atoms with E-state index in [0.717, 1.165) is 203 Å². The molecule has 0 saturated heterocycles. The van der Waals surface area contributed by atoms with Crippen LogP contribution in [0.2, 0.25) is 0 Å². The number of aromatic nitrogens is 15. The highest BCUT2D eigenvalue weighted by Gasteiger charge is 2.22. The maximum absolute atomic E-state index is 5.12. The lowest BCUT2D eigenvalue weighted by molar-refractivity contribution is 1.17. The van der Waals surface area contributed by atoms with Gasteiger partial charge in [0.1, 0.15) is 0 Å². The molecule has 0 unspecified atom stereocenters. The van der Waals surface area contributed by atoms with Gasteiger partial charge < -0.3 is 0 Å². The van der Waals surface area contributed by atoms with E-state index >= 15 is 0 Å². The third kappa shape index (κ3) is 21.8. The van der Waals surface area contributed by atoms with Crippen LogP contribution in [-0.2, 0) is 0 Å². The van der Waals surface area contributed by atoms with Gasteiger partial charge in [-0.05, 0) is 200 Å². The summed E-state index contributed by atoms with van der Waals surface area (Å²) in [5.74, 6) is 1.84. The van der Waals surface area contributed by atoms with Crippen molar-refractivity contribution in [3.8, 4) is 248 Å². The van der Waals surface area contributed by atoms with Gasteiger partial charge in [-0.3, -0.25) is 29.9 Å². The fourth-order valence-corrected chi connectivity index (χ4v) is 18.0. The molecule has 0 atom stereocenters. The first-order valence-electron chi connectivity index (χ1n) is 49.6. The van der Waals surface area contributed by atoms with Crippen molar-refractivity contribution in [2.45, 2.75) is 0 Å². The SMILES string of the molecule is c1ccc(-c2ccc(-c3cc(-c4ccc(-c5ccccc5)cn4)nc(-c4ccc(-c5nc(-c6ccccc6)cc(-c6ccccc6)n5)cn4)c3)cc2)cc1.c1ccc(-c2ccc(-c3cc(-c4ccccn4)nc(-c4ccc(-c5nc(-c6ccccc6)cc(-c6ccccc6)n5)cn4)c3)cc2)cc1.c1ccc(-c2cccc(-c3cc(-c4ccccn4)nc(-c4ccc(-c5nc(-c6ccccc6)cc(-c6ccccc6)n5)cn4)c3)c2)cc1. The van der Waals surface area contributed by atoms with E-state index in [2.05, 4.69) is 283 Å². The number of hydrogen-bond acceptors (Lipinski definition) is 15. The van der Waals surface area contributed by atoms with E-state index in [0.29, 0.717) is 17.5 Å². The van der Waals surface area contributed by atoms with Gasteiger partial charge in [0.25, 0.3) is 0 Å². The first-order chi connectivity index (χ1) is 74.3. The average molecular weight is 1920 g/mol. The molecule has 25 aromatic rings. The van der Waals surface area contributed by atoms with Crippen molar-refractivity contribution >= 4 is 0 Å². The molecule has 12 aromatic heterocycles. The van der Waals surface area contributed by atoms with Crippen molar-refractivity contribution in [1.82, 2.24) is 74.8 Å². The summed E-state index contributed by atoms with van der Waals surface area (Å²) < 4.78 is 0. The molecule has 0 saturated carbocycles. The molecule has 0 aliphatic heterocycles. The van der Waals surface area contributed by atoms with Crippen molar-refractivity contribution in [1.29, 1.82) is 0 Å². The molecule has 0 N–H and O–H groups in total. The van der Waals surface area contributed by atoms with Crippen LogP contribution in [-0.4, -0.2) is 74.8 Å². The smallest absolute Gasteiger partial charge is 0.161 e. The largest absolute Gasteiger partial charge is 0.255 e. The Kier molecular flexibility index (Phi) is 27.4. The summed E-state index contributed by atoms with van der Waals surface area (Å²) in [6, 6.07) is 175. The molecule has 0 aliphatic carbocycles. The maximum Gasteiger partial charge on any atom is 0.161 e. The molecule has 15 nitrogen and oxygen atoms in total. The Bertz CT molecular complexity index is 8630. The summed E-state index contributed by atoms with van der Waals surface area (Å²) in [5, 5.41) is 0. The topological polar surface area (TPSA) is 193 Å². The van der Waals surface area contributed by atoms with Crippen LogP contribution in [0.25, 0.3) is 248 Å².